The zero-order valence-electron chi connectivity index (χ0n) is 10.6. The lowest BCUT2D eigenvalue weighted by atomic mass is 9.93. The van der Waals surface area contributed by atoms with Crippen LogP contribution in [0.5, 0.6) is 0 Å². The van der Waals surface area contributed by atoms with E-state index in [0.29, 0.717) is 13.0 Å². The summed E-state index contributed by atoms with van der Waals surface area (Å²) in [6, 6.07) is 4.56. The van der Waals surface area contributed by atoms with Crippen molar-refractivity contribution in [2.45, 2.75) is 33.2 Å². The van der Waals surface area contributed by atoms with Gasteiger partial charge in [0.05, 0.1) is 5.92 Å². The van der Waals surface area contributed by atoms with Gasteiger partial charge in [0.15, 0.2) is 0 Å². The molecule has 2 unspecified atom stereocenters. The molecule has 1 aromatic carbocycles. The minimum atomic E-state index is -0.693. The highest BCUT2D eigenvalue weighted by atomic mass is 16.4. The standard InChI is InChI=1S/C14H19NO2/c1-8-4-10(3)12(5-9(8)2)13-6-11(7-15-13)14(16)17/h4-5,11,13,15H,6-7H2,1-3H3,(H,16,17). The molecule has 0 radical (unpaired) electrons. The molecule has 1 saturated heterocycles. The lowest BCUT2D eigenvalue weighted by Gasteiger charge is -2.16. The van der Waals surface area contributed by atoms with Gasteiger partial charge in [0.25, 0.3) is 0 Å². The number of rotatable bonds is 2. The zero-order chi connectivity index (χ0) is 12.6. The van der Waals surface area contributed by atoms with E-state index in [1.54, 1.807) is 0 Å². The fourth-order valence-electron chi connectivity index (χ4n) is 2.52. The number of carboxylic acids is 1. The Morgan fingerprint density at radius 2 is 1.88 bits per heavy atom. The van der Waals surface area contributed by atoms with Gasteiger partial charge < -0.3 is 10.4 Å². The van der Waals surface area contributed by atoms with Crippen molar-refractivity contribution in [3.8, 4) is 0 Å². The van der Waals surface area contributed by atoms with Crippen LogP contribution < -0.4 is 5.32 Å². The van der Waals surface area contributed by atoms with E-state index >= 15 is 0 Å². The van der Waals surface area contributed by atoms with E-state index in [1.807, 2.05) is 0 Å². The van der Waals surface area contributed by atoms with Crippen LogP contribution in [0.4, 0.5) is 0 Å². The lowest BCUT2D eigenvalue weighted by Crippen LogP contribution is -2.17. The highest BCUT2D eigenvalue weighted by Crippen LogP contribution is 2.30. The van der Waals surface area contributed by atoms with Gasteiger partial charge in [0.2, 0.25) is 0 Å². The summed E-state index contributed by atoms with van der Waals surface area (Å²) in [6.07, 6.45) is 0.693. The molecule has 1 aliphatic rings. The highest BCUT2D eigenvalue weighted by molar-refractivity contribution is 5.70. The summed E-state index contributed by atoms with van der Waals surface area (Å²) in [5, 5.41) is 12.3. The predicted octanol–water partition coefficient (Wildman–Crippen LogP) is 2.35. The van der Waals surface area contributed by atoms with Crippen LogP contribution >= 0.6 is 0 Å². The summed E-state index contributed by atoms with van der Waals surface area (Å²) in [5.74, 6) is -0.942. The summed E-state index contributed by atoms with van der Waals surface area (Å²) in [7, 11) is 0. The summed E-state index contributed by atoms with van der Waals surface area (Å²) >= 11 is 0. The molecule has 0 aromatic heterocycles. The first kappa shape index (κ1) is 12.1. The molecule has 0 bridgehead atoms. The number of nitrogens with one attached hydrogen (secondary N) is 1. The highest BCUT2D eigenvalue weighted by Gasteiger charge is 2.30. The quantitative estimate of drug-likeness (QED) is 0.824. The first-order chi connectivity index (χ1) is 7.99. The van der Waals surface area contributed by atoms with E-state index in [1.165, 1.54) is 22.3 Å². The van der Waals surface area contributed by atoms with Gasteiger partial charge in [-0.1, -0.05) is 12.1 Å². The molecule has 1 heterocycles. The van der Waals surface area contributed by atoms with Crippen LogP contribution in [0.3, 0.4) is 0 Å². The Hall–Kier alpha value is -1.35. The molecule has 0 spiro atoms. The Bertz CT molecular complexity index is 454. The average Bonchev–Trinajstić information content (AvgIpc) is 2.72. The van der Waals surface area contributed by atoms with Crippen LogP contribution in [0, 0.1) is 26.7 Å². The lowest BCUT2D eigenvalue weighted by molar-refractivity contribution is -0.141. The summed E-state index contributed by atoms with van der Waals surface area (Å²) < 4.78 is 0. The van der Waals surface area contributed by atoms with Crippen molar-refractivity contribution < 1.29 is 9.90 Å². The Morgan fingerprint density at radius 3 is 2.47 bits per heavy atom. The first-order valence-corrected chi connectivity index (χ1v) is 6.03. The molecular weight excluding hydrogens is 214 g/mol. The van der Waals surface area contributed by atoms with Crippen molar-refractivity contribution in [2.75, 3.05) is 6.54 Å². The van der Waals surface area contributed by atoms with E-state index in [2.05, 4.69) is 38.2 Å². The van der Waals surface area contributed by atoms with Crippen molar-refractivity contribution in [1.82, 2.24) is 5.32 Å². The number of benzene rings is 1. The molecule has 17 heavy (non-hydrogen) atoms. The van der Waals surface area contributed by atoms with Gasteiger partial charge in [-0.25, -0.2) is 0 Å². The maximum absolute atomic E-state index is 10.9. The van der Waals surface area contributed by atoms with E-state index < -0.39 is 5.97 Å². The van der Waals surface area contributed by atoms with Gasteiger partial charge in [0.1, 0.15) is 0 Å². The Balaban J connectivity index is 2.24. The maximum Gasteiger partial charge on any atom is 0.307 e. The molecule has 92 valence electrons. The molecule has 2 atom stereocenters. The summed E-state index contributed by atoms with van der Waals surface area (Å²) in [5.41, 5.74) is 5.05. The smallest absolute Gasteiger partial charge is 0.307 e. The van der Waals surface area contributed by atoms with Crippen molar-refractivity contribution in [2.24, 2.45) is 5.92 Å². The molecule has 1 fully saturated rings. The number of carboxylic acid groups (broad SMARTS) is 1. The third-order valence-corrected chi connectivity index (χ3v) is 3.74. The molecule has 2 rings (SSSR count). The number of hydrogen-bond donors (Lipinski definition) is 2. The second-order valence-electron chi connectivity index (χ2n) is 5.02. The van der Waals surface area contributed by atoms with Gasteiger partial charge in [-0.15, -0.1) is 0 Å². The van der Waals surface area contributed by atoms with Crippen LogP contribution in [-0.2, 0) is 4.79 Å². The van der Waals surface area contributed by atoms with E-state index in [0.717, 1.165) is 0 Å². The number of aliphatic carboxylic acids is 1. The molecule has 0 saturated carbocycles. The van der Waals surface area contributed by atoms with Crippen molar-refractivity contribution in [1.29, 1.82) is 0 Å². The van der Waals surface area contributed by atoms with Crippen LogP contribution in [0.15, 0.2) is 12.1 Å². The second-order valence-corrected chi connectivity index (χ2v) is 5.02. The van der Waals surface area contributed by atoms with Crippen LogP contribution in [0.25, 0.3) is 0 Å². The second kappa shape index (κ2) is 4.49. The zero-order valence-corrected chi connectivity index (χ0v) is 10.6. The predicted molar refractivity (Wildman–Crippen MR) is 67.1 cm³/mol. The van der Waals surface area contributed by atoms with Crippen molar-refractivity contribution in [3.05, 3.63) is 34.4 Å². The van der Waals surface area contributed by atoms with Crippen molar-refractivity contribution >= 4 is 5.97 Å². The summed E-state index contributed by atoms with van der Waals surface area (Å²) in [4.78, 5) is 10.9. The van der Waals surface area contributed by atoms with Crippen LogP contribution in [0.1, 0.15) is 34.7 Å². The molecule has 0 aliphatic carbocycles. The van der Waals surface area contributed by atoms with Gasteiger partial charge in [-0.3, -0.25) is 4.79 Å². The minimum absolute atomic E-state index is 0.190. The fraction of sp³-hybridized carbons (Fsp3) is 0.500. The monoisotopic (exact) mass is 233 g/mol. The first-order valence-electron chi connectivity index (χ1n) is 6.03. The normalized spacial score (nSPS) is 23.9. The molecule has 3 nitrogen and oxygen atoms in total. The van der Waals surface area contributed by atoms with Crippen molar-refractivity contribution in [3.63, 3.8) is 0 Å². The third-order valence-electron chi connectivity index (χ3n) is 3.74. The topological polar surface area (TPSA) is 49.3 Å². The number of hydrogen-bond acceptors (Lipinski definition) is 2. The molecule has 3 heteroatoms. The van der Waals surface area contributed by atoms with Crippen LogP contribution in [-0.4, -0.2) is 17.6 Å². The van der Waals surface area contributed by atoms with Gasteiger partial charge in [-0.05, 0) is 49.4 Å². The largest absolute Gasteiger partial charge is 0.481 e. The molecule has 2 N–H and O–H groups in total. The molecule has 1 aromatic rings. The average molecular weight is 233 g/mol. The maximum atomic E-state index is 10.9. The summed E-state index contributed by atoms with van der Waals surface area (Å²) in [6.45, 7) is 6.88. The van der Waals surface area contributed by atoms with E-state index in [9.17, 15) is 4.79 Å². The third kappa shape index (κ3) is 2.34. The molecule has 0 amide bonds. The molecule has 1 aliphatic heterocycles. The van der Waals surface area contributed by atoms with Crippen LogP contribution in [0.2, 0.25) is 0 Å². The number of carbonyl (C=O) groups is 1. The molecular formula is C14H19NO2. The van der Waals surface area contributed by atoms with Gasteiger partial charge >= 0.3 is 5.97 Å². The number of aryl methyl sites for hydroxylation is 3. The van der Waals surface area contributed by atoms with Gasteiger partial charge in [-0.2, -0.15) is 0 Å². The SMILES string of the molecule is Cc1cc(C)c(C2CC(C(=O)O)CN2)cc1C. The van der Waals surface area contributed by atoms with E-state index in [-0.39, 0.29) is 12.0 Å². The van der Waals surface area contributed by atoms with E-state index in [4.69, 9.17) is 5.11 Å². The Labute approximate surface area is 102 Å². The minimum Gasteiger partial charge on any atom is -0.481 e. The van der Waals surface area contributed by atoms with Gasteiger partial charge in [0, 0.05) is 12.6 Å². The Morgan fingerprint density at radius 1 is 1.24 bits per heavy atom. The fourth-order valence-corrected chi connectivity index (χ4v) is 2.52. The Kier molecular flexibility index (Phi) is 3.20.